The van der Waals surface area contributed by atoms with Crippen LogP contribution in [-0.2, 0) is 20.8 Å². The Morgan fingerprint density at radius 1 is 0.969 bits per heavy atom. The zero-order valence-electron chi connectivity index (χ0n) is 18.4. The number of carbonyl (C=O) groups excluding carboxylic acids is 3. The van der Waals surface area contributed by atoms with Crippen molar-refractivity contribution < 1.29 is 24.0 Å². The van der Waals surface area contributed by atoms with E-state index < -0.39 is 5.97 Å². The van der Waals surface area contributed by atoms with Crippen LogP contribution in [0.5, 0.6) is 11.5 Å². The van der Waals surface area contributed by atoms with Gasteiger partial charge in [-0.25, -0.2) is 0 Å². The summed E-state index contributed by atoms with van der Waals surface area (Å²) in [5, 5.41) is 5.09. The molecule has 170 valence electrons. The van der Waals surface area contributed by atoms with Crippen LogP contribution in [-0.4, -0.2) is 31.4 Å². The maximum absolute atomic E-state index is 12.2. The summed E-state index contributed by atoms with van der Waals surface area (Å²) >= 11 is 0. The molecule has 2 aromatic carbocycles. The van der Waals surface area contributed by atoms with E-state index in [1.165, 1.54) is 12.6 Å². The van der Waals surface area contributed by atoms with E-state index in [2.05, 4.69) is 23.0 Å². The van der Waals surface area contributed by atoms with Crippen LogP contribution >= 0.6 is 0 Å². The predicted molar refractivity (Wildman–Crippen MR) is 121 cm³/mol. The minimum absolute atomic E-state index is 0.0899. The molecule has 0 aliphatic rings. The van der Waals surface area contributed by atoms with E-state index in [0.717, 1.165) is 12.2 Å². The van der Waals surface area contributed by atoms with Crippen molar-refractivity contribution >= 4 is 17.8 Å². The van der Waals surface area contributed by atoms with E-state index in [9.17, 15) is 14.4 Å². The smallest absolute Gasteiger partial charge is 0.324 e. The maximum atomic E-state index is 12.2. The molecule has 8 heteroatoms. The number of likely N-dealkylation sites (N-methyl/N-ethyl adjacent to an activating group) is 1. The molecule has 0 aromatic heterocycles. The molecule has 0 spiro atoms. The van der Waals surface area contributed by atoms with Crippen molar-refractivity contribution in [2.75, 3.05) is 13.6 Å². The summed E-state index contributed by atoms with van der Waals surface area (Å²) < 4.78 is 5.79. The van der Waals surface area contributed by atoms with E-state index in [-0.39, 0.29) is 24.8 Å². The Bertz CT molecular complexity index is 908. The molecule has 0 saturated carbocycles. The average molecular weight is 440 g/mol. The highest BCUT2D eigenvalue weighted by atomic mass is 16.7. The van der Waals surface area contributed by atoms with Crippen molar-refractivity contribution in [3.05, 3.63) is 71.9 Å². The maximum Gasteiger partial charge on any atom is 0.324 e. The van der Waals surface area contributed by atoms with Crippen molar-refractivity contribution in [2.45, 2.75) is 32.6 Å². The second-order valence-electron chi connectivity index (χ2n) is 6.86. The first-order valence-electron chi connectivity index (χ1n) is 10.5. The number of ether oxygens (including phenoxy) is 1. The topological polar surface area (TPSA) is 106 Å². The number of rotatable bonds is 12. The molecule has 2 amide bonds. The van der Waals surface area contributed by atoms with Gasteiger partial charge in [-0.15, -0.1) is 5.48 Å². The molecule has 0 heterocycles. The fourth-order valence-corrected chi connectivity index (χ4v) is 2.59. The van der Waals surface area contributed by atoms with E-state index >= 15 is 0 Å². The van der Waals surface area contributed by atoms with Crippen molar-refractivity contribution in [3.63, 3.8) is 0 Å². The summed E-state index contributed by atoms with van der Waals surface area (Å²) in [5.74, 6) is 0.430. The summed E-state index contributed by atoms with van der Waals surface area (Å²) in [5.41, 5.74) is 4.05. The van der Waals surface area contributed by atoms with Crippen LogP contribution in [0.1, 0.15) is 42.1 Å². The highest BCUT2D eigenvalue weighted by Gasteiger charge is 2.05. The Labute approximate surface area is 187 Å². The molecular weight excluding hydrogens is 410 g/mol. The molecule has 2 aromatic rings. The first-order valence-corrected chi connectivity index (χ1v) is 10.5. The van der Waals surface area contributed by atoms with Gasteiger partial charge in [-0.2, -0.15) is 0 Å². The second kappa shape index (κ2) is 13.6. The Balaban J connectivity index is 1.66. The summed E-state index contributed by atoms with van der Waals surface area (Å²) in [4.78, 5) is 39.4. The lowest BCUT2D eigenvalue weighted by atomic mass is 10.2. The monoisotopic (exact) mass is 439 g/mol. The van der Waals surface area contributed by atoms with Gasteiger partial charge >= 0.3 is 5.97 Å². The van der Waals surface area contributed by atoms with Crippen molar-refractivity contribution in [3.8, 4) is 11.5 Å². The Morgan fingerprint density at radius 2 is 1.62 bits per heavy atom. The number of hydrogen-bond acceptors (Lipinski definition) is 6. The van der Waals surface area contributed by atoms with Gasteiger partial charge < -0.3 is 20.2 Å². The van der Waals surface area contributed by atoms with Gasteiger partial charge in [0, 0.05) is 25.2 Å². The minimum Gasteiger partial charge on any atom is -0.457 e. The SMILES string of the molecule is CCc1ccc(Oc2ccc(C(=O)N/C=C\CCCC(=O)ONCC(=O)NC)cc2)cc1. The van der Waals surface area contributed by atoms with Crippen LogP contribution in [0.3, 0.4) is 0 Å². The van der Waals surface area contributed by atoms with E-state index in [1.807, 2.05) is 24.3 Å². The Morgan fingerprint density at radius 3 is 2.25 bits per heavy atom. The molecule has 2 rings (SSSR count). The third kappa shape index (κ3) is 9.01. The van der Waals surface area contributed by atoms with Gasteiger partial charge in [0.1, 0.15) is 18.0 Å². The average Bonchev–Trinajstić information content (AvgIpc) is 2.82. The Kier molecular flexibility index (Phi) is 10.5. The lowest BCUT2D eigenvalue weighted by Gasteiger charge is -2.07. The van der Waals surface area contributed by atoms with Gasteiger partial charge in [0.15, 0.2) is 0 Å². The number of benzene rings is 2. The number of allylic oxidation sites excluding steroid dienone is 1. The molecule has 32 heavy (non-hydrogen) atoms. The molecule has 0 aliphatic carbocycles. The van der Waals surface area contributed by atoms with E-state index in [4.69, 9.17) is 9.57 Å². The van der Waals surface area contributed by atoms with E-state index in [0.29, 0.717) is 24.2 Å². The standard InChI is InChI=1S/C24H29N3O5/c1-3-18-8-12-20(13-9-18)31-21-14-10-19(11-15-21)24(30)26-16-6-4-5-7-23(29)32-27-17-22(28)25-2/h6,8-16,27H,3-5,7,17H2,1-2H3,(H,25,28)(H,26,30)/b16-6-. The van der Waals surface area contributed by atoms with Gasteiger partial charge in [-0.05, 0) is 61.2 Å². The summed E-state index contributed by atoms with van der Waals surface area (Å²) in [6.07, 6.45) is 5.63. The highest BCUT2D eigenvalue weighted by molar-refractivity contribution is 5.94. The number of unbranched alkanes of at least 4 members (excludes halogenated alkanes) is 1. The third-order valence-electron chi connectivity index (χ3n) is 4.47. The molecule has 0 unspecified atom stereocenters. The predicted octanol–water partition coefficient (Wildman–Crippen LogP) is 3.25. The van der Waals surface area contributed by atoms with Crippen molar-refractivity contribution in [1.82, 2.24) is 16.1 Å². The van der Waals surface area contributed by atoms with Crippen molar-refractivity contribution in [1.29, 1.82) is 0 Å². The highest BCUT2D eigenvalue weighted by Crippen LogP contribution is 2.22. The largest absolute Gasteiger partial charge is 0.457 e. The molecule has 0 atom stereocenters. The number of carbonyl (C=O) groups is 3. The lowest BCUT2D eigenvalue weighted by Crippen LogP contribution is -2.32. The molecule has 0 saturated heterocycles. The summed E-state index contributed by atoms with van der Waals surface area (Å²) in [6.45, 7) is 2.01. The van der Waals surface area contributed by atoms with E-state index in [1.54, 1.807) is 36.5 Å². The number of hydroxylamine groups is 1. The molecular formula is C24H29N3O5. The zero-order chi connectivity index (χ0) is 23.2. The summed E-state index contributed by atoms with van der Waals surface area (Å²) in [7, 11) is 1.49. The zero-order valence-corrected chi connectivity index (χ0v) is 18.4. The fourth-order valence-electron chi connectivity index (χ4n) is 2.59. The normalized spacial score (nSPS) is 10.6. The number of hydrogen-bond donors (Lipinski definition) is 3. The molecule has 0 radical (unpaired) electrons. The number of amides is 2. The van der Waals surface area contributed by atoms with Gasteiger partial charge in [0.05, 0.1) is 0 Å². The van der Waals surface area contributed by atoms with Gasteiger partial charge in [0.2, 0.25) is 5.91 Å². The minimum atomic E-state index is -0.449. The van der Waals surface area contributed by atoms with Gasteiger partial charge in [-0.1, -0.05) is 25.1 Å². The van der Waals surface area contributed by atoms with Gasteiger partial charge in [-0.3, -0.25) is 14.4 Å². The second-order valence-corrected chi connectivity index (χ2v) is 6.86. The molecule has 3 N–H and O–H groups in total. The van der Waals surface area contributed by atoms with Crippen LogP contribution in [0.15, 0.2) is 60.8 Å². The van der Waals surface area contributed by atoms with Crippen LogP contribution in [0.2, 0.25) is 0 Å². The first kappa shape index (κ1) is 24.6. The van der Waals surface area contributed by atoms with Crippen LogP contribution in [0, 0.1) is 0 Å². The Hall–Kier alpha value is -3.65. The third-order valence-corrected chi connectivity index (χ3v) is 4.47. The fraction of sp³-hybridized carbons (Fsp3) is 0.292. The molecule has 0 aliphatic heterocycles. The van der Waals surface area contributed by atoms with Crippen LogP contribution < -0.4 is 20.9 Å². The lowest BCUT2D eigenvalue weighted by molar-refractivity contribution is -0.151. The number of nitrogens with one attached hydrogen (secondary N) is 3. The molecule has 0 bridgehead atoms. The van der Waals surface area contributed by atoms with Crippen molar-refractivity contribution in [2.24, 2.45) is 0 Å². The first-order chi connectivity index (χ1) is 15.5. The molecule has 0 fully saturated rings. The van der Waals surface area contributed by atoms with Crippen LogP contribution in [0.25, 0.3) is 0 Å². The number of aryl methyl sites for hydroxylation is 1. The summed E-state index contributed by atoms with van der Waals surface area (Å²) in [6, 6.07) is 14.8. The molecule has 8 nitrogen and oxygen atoms in total. The van der Waals surface area contributed by atoms with Gasteiger partial charge in [0.25, 0.3) is 5.91 Å². The van der Waals surface area contributed by atoms with Crippen LogP contribution in [0.4, 0.5) is 0 Å². The quantitative estimate of drug-likeness (QED) is 0.346.